The summed E-state index contributed by atoms with van der Waals surface area (Å²) in [5, 5.41) is 9.19. The van der Waals surface area contributed by atoms with Gasteiger partial charge in [-0.2, -0.15) is 0 Å². The number of likely N-dealkylation sites (N-methyl/N-ethyl adjacent to an activating group) is 1. The van der Waals surface area contributed by atoms with E-state index < -0.39 is 11.9 Å². The minimum atomic E-state index is -0.793. The second kappa shape index (κ2) is 5.54. The topological polar surface area (TPSA) is 62.9 Å². The molecular weight excluding hydrogens is 234 g/mol. The molecule has 3 atom stereocenters. The number of nitrogens with zero attached hydrogens (tertiary/aromatic N) is 1. The Kier molecular flexibility index (Phi) is 4.04. The van der Waals surface area contributed by atoms with Gasteiger partial charge >= 0.3 is 5.97 Å². The van der Waals surface area contributed by atoms with Crippen molar-refractivity contribution in [2.45, 2.75) is 25.4 Å². The lowest BCUT2D eigenvalue weighted by Crippen LogP contribution is -2.42. The summed E-state index contributed by atoms with van der Waals surface area (Å²) in [5.41, 5.74) is 0. The summed E-state index contributed by atoms with van der Waals surface area (Å²) in [7, 11) is 1.94. The van der Waals surface area contributed by atoms with Crippen LogP contribution in [0, 0.1) is 5.92 Å². The lowest BCUT2D eigenvalue weighted by atomic mass is 9.99. The molecule has 1 aromatic heterocycles. The molecule has 0 aliphatic carbocycles. The van der Waals surface area contributed by atoms with Crippen LogP contribution in [0.5, 0.6) is 0 Å². The molecule has 1 saturated heterocycles. The van der Waals surface area contributed by atoms with Gasteiger partial charge in [-0.05, 0) is 25.6 Å². The van der Waals surface area contributed by atoms with E-state index in [-0.39, 0.29) is 12.1 Å². The van der Waals surface area contributed by atoms with Gasteiger partial charge in [0.05, 0.1) is 31.4 Å². The fourth-order valence-electron chi connectivity index (χ4n) is 2.58. The van der Waals surface area contributed by atoms with Gasteiger partial charge in [0.15, 0.2) is 0 Å². The molecule has 0 saturated carbocycles. The first-order valence-electron chi connectivity index (χ1n) is 6.21. The normalized spacial score (nSPS) is 25.5. The van der Waals surface area contributed by atoms with Gasteiger partial charge in [0.2, 0.25) is 0 Å². The molecule has 5 nitrogen and oxygen atoms in total. The lowest BCUT2D eigenvalue weighted by Gasteiger charge is -2.32. The van der Waals surface area contributed by atoms with Crippen LogP contribution in [-0.2, 0) is 9.53 Å². The summed E-state index contributed by atoms with van der Waals surface area (Å²) in [6, 6.07) is 3.77. The molecule has 100 valence electrons. The van der Waals surface area contributed by atoms with Crippen LogP contribution in [0.15, 0.2) is 22.8 Å². The first kappa shape index (κ1) is 13.1. The number of furan rings is 1. The summed E-state index contributed by atoms with van der Waals surface area (Å²) < 4.78 is 10.7. The molecular formula is C13H19NO4. The zero-order valence-corrected chi connectivity index (χ0v) is 10.7. The maximum Gasteiger partial charge on any atom is 0.310 e. The lowest BCUT2D eigenvalue weighted by molar-refractivity contribution is -0.143. The van der Waals surface area contributed by atoms with Gasteiger partial charge in [-0.25, -0.2) is 0 Å². The van der Waals surface area contributed by atoms with Crippen LogP contribution >= 0.6 is 0 Å². The van der Waals surface area contributed by atoms with E-state index in [0.717, 1.165) is 12.2 Å². The Bertz CT molecular complexity index is 390. The average molecular weight is 253 g/mol. The number of carbonyl (C=O) groups is 1. The standard InChI is InChI=1S/C13H19NO4/c1-3-10(12-5-4-6-18-12)14(2)11-8-17-7-9(11)13(15)16/h4-6,9-11H,3,7-8H2,1-2H3,(H,15,16). The molecule has 5 heteroatoms. The first-order chi connectivity index (χ1) is 8.65. The Morgan fingerprint density at radius 1 is 1.61 bits per heavy atom. The number of ether oxygens (including phenoxy) is 1. The fraction of sp³-hybridized carbons (Fsp3) is 0.615. The van der Waals surface area contributed by atoms with E-state index in [1.54, 1.807) is 6.26 Å². The molecule has 18 heavy (non-hydrogen) atoms. The third-order valence-corrected chi connectivity index (χ3v) is 3.64. The van der Waals surface area contributed by atoms with Gasteiger partial charge in [0.1, 0.15) is 5.76 Å². The Morgan fingerprint density at radius 3 is 2.94 bits per heavy atom. The van der Waals surface area contributed by atoms with Gasteiger partial charge in [-0.15, -0.1) is 0 Å². The van der Waals surface area contributed by atoms with Crippen LogP contribution < -0.4 is 0 Å². The van der Waals surface area contributed by atoms with E-state index in [0.29, 0.717) is 13.2 Å². The van der Waals surface area contributed by atoms with Crippen molar-refractivity contribution in [2.24, 2.45) is 5.92 Å². The molecule has 1 aliphatic rings. The van der Waals surface area contributed by atoms with Crippen LogP contribution in [0.4, 0.5) is 0 Å². The minimum absolute atomic E-state index is 0.0912. The zero-order valence-electron chi connectivity index (χ0n) is 10.7. The van der Waals surface area contributed by atoms with Crippen molar-refractivity contribution in [3.05, 3.63) is 24.2 Å². The van der Waals surface area contributed by atoms with E-state index in [9.17, 15) is 9.90 Å². The highest BCUT2D eigenvalue weighted by molar-refractivity contribution is 5.71. The van der Waals surface area contributed by atoms with Crippen LogP contribution in [-0.4, -0.2) is 42.3 Å². The maximum atomic E-state index is 11.2. The zero-order chi connectivity index (χ0) is 13.1. The van der Waals surface area contributed by atoms with Gasteiger partial charge in [0, 0.05) is 6.04 Å². The van der Waals surface area contributed by atoms with Crippen molar-refractivity contribution in [3.63, 3.8) is 0 Å². The molecule has 3 unspecified atom stereocenters. The van der Waals surface area contributed by atoms with Gasteiger partial charge < -0.3 is 14.3 Å². The smallest absolute Gasteiger partial charge is 0.310 e. The highest BCUT2D eigenvalue weighted by atomic mass is 16.5. The number of rotatable bonds is 5. The SMILES string of the molecule is CCC(c1ccco1)N(C)C1COCC1C(=O)O. The van der Waals surface area contributed by atoms with Crippen molar-refractivity contribution in [1.29, 1.82) is 0 Å². The summed E-state index contributed by atoms with van der Waals surface area (Å²) in [5.74, 6) is -0.381. The molecule has 0 amide bonds. The van der Waals surface area contributed by atoms with Crippen LogP contribution in [0.3, 0.4) is 0 Å². The summed E-state index contributed by atoms with van der Waals surface area (Å²) in [6.07, 6.45) is 2.51. The van der Waals surface area contributed by atoms with Crippen LogP contribution in [0.25, 0.3) is 0 Å². The quantitative estimate of drug-likeness (QED) is 0.866. The number of carboxylic acids is 1. The highest BCUT2D eigenvalue weighted by Gasteiger charge is 2.39. The Balaban J connectivity index is 2.14. The van der Waals surface area contributed by atoms with E-state index in [1.807, 2.05) is 19.2 Å². The van der Waals surface area contributed by atoms with E-state index in [2.05, 4.69) is 11.8 Å². The van der Waals surface area contributed by atoms with Crippen LogP contribution in [0.2, 0.25) is 0 Å². The molecule has 2 heterocycles. The maximum absolute atomic E-state index is 11.2. The number of hydrogen-bond donors (Lipinski definition) is 1. The summed E-state index contributed by atoms with van der Waals surface area (Å²) >= 11 is 0. The third-order valence-electron chi connectivity index (χ3n) is 3.64. The second-order valence-corrected chi connectivity index (χ2v) is 4.65. The largest absolute Gasteiger partial charge is 0.481 e. The predicted molar refractivity (Wildman–Crippen MR) is 65.2 cm³/mol. The first-order valence-corrected chi connectivity index (χ1v) is 6.21. The van der Waals surface area contributed by atoms with Crippen molar-refractivity contribution in [3.8, 4) is 0 Å². The molecule has 0 radical (unpaired) electrons. The molecule has 0 aromatic carbocycles. The second-order valence-electron chi connectivity index (χ2n) is 4.65. The molecule has 1 aromatic rings. The third kappa shape index (κ3) is 2.42. The number of hydrogen-bond acceptors (Lipinski definition) is 4. The molecule has 0 bridgehead atoms. The van der Waals surface area contributed by atoms with Crippen molar-refractivity contribution in [1.82, 2.24) is 4.90 Å². The van der Waals surface area contributed by atoms with E-state index in [1.165, 1.54) is 0 Å². The van der Waals surface area contributed by atoms with Gasteiger partial charge in [-0.3, -0.25) is 9.69 Å². The Morgan fingerprint density at radius 2 is 2.39 bits per heavy atom. The molecule has 0 spiro atoms. The van der Waals surface area contributed by atoms with E-state index in [4.69, 9.17) is 9.15 Å². The molecule has 1 aliphatic heterocycles. The fourth-order valence-corrected chi connectivity index (χ4v) is 2.58. The monoisotopic (exact) mass is 253 g/mol. The predicted octanol–water partition coefficient (Wildman–Crippen LogP) is 1.76. The minimum Gasteiger partial charge on any atom is -0.481 e. The average Bonchev–Trinajstić information content (AvgIpc) is 3.00. The highest BCUT2D eigenvalue weighted by Crippen LogP contribution is 2.30. The Hall–Kier alpha value is -1.33. The van der Waals surface area contributed by atoms with E-state index >= 15 is 0 Å². The number of aliphatic carboxylic acids is 1. The Labute approximate surface area is 106 Å². The van der Waals surface area contributed by atoms with Gasteiger partial charge in [-0.1, -0.05) is 6.92 Å². The number of carboxylic acid groups (broad SMARTS) is 1. The van der Waals surface area contributed by atoms with Crippen LogP contribution in [0.1, 0.15) is 25.1 Å². The van der Waals surface area contributed by atoms with Crippen molar-refractivity contribution >= 4 is 5.97 Å². The molecule has 1 N–H and O–H groups in total. The van der Waals surface area contributed by atoms with Gasteiger partial charge in [0.25, 0.3) is 0 Å². The van der Waals surface area contributed by atoms with Crippen molar-refractivity contribution < 1.29 is 19.1 Å². The van der Waals surface area contributed by atoms with Crippen molar-refractivity contribution in [2.75, 3.05) is 20.3 Å². The molecule has 2 rings (SSSR count). The summed E-state index contributed by atoms with van der Waals surface area (Å²) in [6.45, 7) is 2.82. The summed E-state index contributed by atoms with van der Waals surface area (Å²) in [4.78, 5) is 13.2. The molecule has 1 fully saturated rings.